The predicted octanol–water partition coefficient (Wildman–Crippen LogP) is 3.01. The van der Waals surface area contributed by atoms with Crippen LogP contribution in [0, 0.1) is 6.92 Å². The van der Waals surface area contributed by atoms with Crippen LogP contribution in [0.2, 0.25) is 0 Å². The normalized spacial score (nSPS) is 10.8. The molecule has 0 spiro atoms. The third-order valence-corrected chi connectivity index (χ3v) is 2.90. The number of hydrogen-bond acceptors (Lipinski definition) is 4. The molecule has 3 N–H and O–H groups in total. The number of aromatic hydroxyl groups is 3. The standard InChI is InChI=1S/C16H14O4/c1-10-8-12(17)4-5-13(10)14(18)6-2-11-3-7-15(19)16(20)9-11/h2-9,17,19-20H,1H3/b6-2+. The zero-order valence-corrected chi connectivity index (χ0v) is 10.9. The molecule has 0 fully saturated rings. The van der Waals surface area contributed by atoms with E-state index in [1.54, 1.807) is 25.1 Å². The van der Waals surface area contributed by atoms with E-state index in [-0.39, 0.29) is 23.0 Å². The first kappa shape index (κ1) is 13.7. The molecular formula is C16H14O4. The van der Waals surface area contributed by atoms with E-state index in [1.807, 2.05) is 0 Å². The molecule has 0 bridgehead atoms. The molecule has 2 aromatic carbocycles. The second kappa shape index (κ2) is 5.48. The summed E-state index contributed by atoms with van der Waals surface area (Å²) in [6.45, 7) is 1.74. The minimum atomic E-state index is -0.236. The summed E-state index contributed by atoms with van der Waals surface area (Å²) in [6, 6.07) is 8.84. The van der Waals surface area contributed by atoms with E-state index in [0.717, 1.165) is 0 Å². The third-order valence-electron chi connectivity index (χ3n) is 2.90. The highest BCUT2D eigenvalue weighted by molar-refractivity contribution is 6.07. The predicted molar refractivity (Wildman–Crippen MR) is 76.0 cm³/mol. The largest absolute Gasteiger partial charge is 0.508 e. The van der Waals surface area contributed by atoms with Crippen LogP contribution in [0.1, 0.15) is 21.5 Å². The van der Waals surface area contributed by atoms with Crippen LogP contribution >= 0.6 is 0 Å². The summed E-state index contributed by atoms with van der Waals surface area (Å²) in [5.74, 6) is -0.523. The molecule has 0 amide bonds. The SMILES string of the molecule is Cc1cc(O)ccc1C(=O)/C=C/c1ccc(O)c(O)c1. The fourth-order valence-corrected chi connectivity index (χ4v) is 1.83. The van der Waals surface area contributed by atoms with Crippen molar-refractivity contribution in [2.75, 3.05) is 0 Å². The number of aryl methyl sites for hydroxylation is 1. The fourth-order valence-electron chi connectivity index (χ4n) is 1.83. The summed E-state index contributed by atoms with van der Waals surface area (Å²) in [5, 5.41) is 27.9. The lowest BCUT2D eigenvalue weighted by atomic mass is 10.0. The van der Waals surface area contributed by atoms with Crippen LogP contribution < -0.4 is 0 Å². The summed E-state index contributed by atoms with van der Waals surface area (Å²) in [4.78, 5) is 12.0. The monoisotopic (exact) mass is 270 g/mol. The van der Waals surface area contributed by atoms with Crippen molar-refractivity contribution in [1.82, 2.24) is 0 Å². The Labute approximate surface area is 116 Å². The van der Waals surface area contributed by atoms with Crippen LogP contribution in [0.15, 0.2) is 42.5 Å². The Hall–Kier alpha value is -2.75. The number of allylic oxidation sites excluding steroid dienone is 1. The van der Waals surface area contributed by atoms with E-state index >= 15 is 0 Å². The number of phenolic OH excluding ortho intramolecular Hbond substituents is 3. The van der Waals surface area contributed by atoms with Crippen molar-refractivity contribution in [2.45, 2.75) is 6.92 Å². The highest BCUT2D eigenvalue weighted by Gasteiger charge is 2.06. The maximum absolute atomic E-state index is 12.0. The summed E-state index contributed by atoms with van der Waals surface area (Å²) in [7, 11) is 0. The second-order valence-corrected chi connectivity index (χ2v) is 4.44. The Morgan fingerprint density at radius 2 is 1.75 bits per heavy atom. The van der Waals surface area contributed by atoms with Crippen molar-refractivity contribution in [3.05, 3.63) is 59.2 Å². The van der Waals surface area contributed by atoms with Gasteiger partial charge in [0.2, 0.25) is 0 Å². The number of benzene rings is 2. The molecule has 0 atom stereocenters. The summed E-state index contributed by atoms with van der Waals surface area (Å²) < 4.78 is 0. The van der Waals surface area contributed by atoms with Crippen LogP contribution in [-0.2, 0) is 0 Å². The zero-order valence-electron chi connectivity index (χ0n) is 10.9. The van der Waals surface area contributed by atoms with Crippen LogP contribution in [0.5, 0.6) is 17.2 Å². The molecule has 20 heavy (non-hydrogen) atoms. The van der Waals surface area contributed by atoms with Gasteiger partial charge in [0, 0.05) is 5.56 Å². The van der Waals surface area contributed by atoms with E-state index in [4.69, 9.17) is 0 Å². The Morgan fingerprint density at radius 1 is 1.00 bits per heavy atom. The first-order chi connectivity index (χ1) is 9.47. The molecule has 0 aliphatic rings. The van der Waals surface area contributed by atoms with Crippen molar-refractivity contribution < 1.29 is 20.1 Å². The average molecular weight is 270 g/mol. The van der Waals surface area contributed by atoms with Crippen molar-refractivity contribution in [3.8, 4) is 17.2 Å². The van der Waals surface area contributed by atoms with Gasteiger partial charge in [-0.1, -0.05) is 12.1 Å². The minimum absolute atomic E-state index is 0.117. The molecule has 0 unspecified atom stereocenters. The number of carbonyl (C=O) groups excluding carboxylic acids is 1. The van der Waals surface area contributed by atoms with Gasteiger partial charge in [0.15, 0.2) is 17.3 Å². The lowest BCUT2D eigenvalue weighted by molar-refractivity contribution is 0.104. The van der Waals surface area contributed by atoms with Crippen molar-refractivity contribution in [3.63, 3.8) is 0 Å². The molecule has 0 aromatic heterocycles. The lowest BCUT2D eigenvalue weighted by Gasteiger charge is -2.02. The van der Waals surface area contributed by atoms with Crippen LogP contribution in [0.25, 0.3) is 6.08 Å². The lowest BCUT2D eigenvalue weighted by Crippen LogP contribution is -1.97. The molecule has 0 heterocycles. The first-order valence-corrected chi connectivity index (χ1v) is 6.01. The quantitative estimate of drug-likeness (QED) is 0.455. The van der Waals surface area contributed by atoms with Gasteiger partial charge < -0.3 is 15.3 Å². The molecule has 0 aliphatic carbocycles. The average Bonchev–Trinajstić information content (AvgIpc) is 2.40. The molecule has 102 valence electrons. The molecule has 2 aromatic rings. The minimum Gasteiger partial charge on any atom is -0.508 e. The Balaban J connectivity index is 2.22. The fraction of sp³-hybridized carbons (Fsp3) is 0.0625. The van der Waals surface area contributed by atoms with Gasteiger partial charge in [-0.2, -0.15) is 0 Å². The van der Waals surface area contributed by atoms with Crippen molar-refractivity contribution in [1.29, 1.82) is 0 Å². The van der Waals surface area contributed by atoms with E-state index in [1.165, 1.54) is 30.3 Å². The molecule has 2 rings (SSSR count). The molecule has 4 heteroatoms. The van der Waals surface area contributed by atoms with Crippen molar-refractivity contribution in [2.24, 2.45) is 0 Å². The van der Waals surface area contributed by atoms with Crippen LogP contribution in [-0.4, -0.2) is 21.1 Å². The number of hydrogen-bond donors (Lipinski definition) is 3. The highest BCUT2D eigenvalue weighted by atomic mass is 16.3. The van der Waals surface area contributed by atoms with Gasteiger partial charge in [-0.3, -0.25) is 4.79 Å². The van der Waals surface area contributed by atoms with E-state index in [2.05, 4.69) is 0 Å². The van der Waals surface area contributed by atoms with Gasteiger partial charge in [-0.25, -0.2) is 0 Å². The smallest absolute Gasteiger partial charge is 0.186 e. The molecular weight excluding hydrogens is 256 g/mol. The molecule has 0 radical (unpaired) electrons. The number of phenols is 3. The van der Waals surface area contributed by atoms with Crippen molar-refractivity contribution >= 4 is 11.9 Å². The maximum atomic E-state index is 12.0. The van der Waals surface area contributed by atoms with Gasteiger partial charge >= 0.3 is 0 Å². The molecule has 0 aliphatic heterocycles. The van der Waals surface area contributed by atoms with E-state index < -0.39 is 0 Å². The Kier molecular flexibility index (Phi) is 3.75. The topological polar surface area (TPSA) is 77.8 Å². The van der Waals surface area contributed by atoms with E-state index in [0.29, 0.717) is 16.7 Å². The molecule has 0 saturated heterocycles. The van der Waals surface area contributed by atoms with Gasteiger partial charge in [0.1, 0.15) is 5.75 Å². The first-order valence-electron chi connectivity index (χ1n) is 6.01. The Bertz CT molecular complexity index is 687. The second-order valence-electron chi connectivity index (χ2n) is 4.44. The maximum Gasteiger partial charge on any atom is 0.186 e. The summed E-state index contributed by atoms with van der Waals surface area (Å²) in [5.41, 5.74) is 1.79. The van der Waals surface area contributed by atoms with Gasteiger partial charge in [0.05, 0.1) is 0 Å². The number of ketones is 1. The number of rotatable bonds is 3. The Morgan fingerprint density at radius 3 is 2.40 bits per heavy atom. The highest BCUT2D eigenvalue weighted by Crippen LogP contribution is 2.25. The molecule has 0 saturated carbocycles. The van der Waals surface area contributed by atoms with Crippen LogP contribution in [0.4, 0.5) is 0 Å². The third kappa shape index (κ3) is 2.98. The zero-order chi connectivity index (χ0) is 14.7. The van der Waals surface area contributed by atoms with Gasteiger partial charge in [-0.05, 0) is 54.5 Å². The number of carbonyl (C=O) groups is 1. The summed E-state index contributed by atoms with van der Waals surface area (Å²) >= 11 is 0. The molecule has 4 nitrogen and oxygen atoms in total. The van der Waals surface area contributed by atoms with E-state index in [9.17, 15) is 20.1 Å². The van der Waals surface area contributed by atoms with Gasteiger partial charge in [-0.15, -0.1) is 0 Å². The van der Waals surface area contributed by atoms with Gasteiger partial charge in [0.25, 0.3) is 0 Å². The summed E-state index contributed by atoms with van der Waals surface area (Å²) in [6.07, 6.45) is 2.93. The van der Waals surface area contributed by atoms with Crippen LogP contribution in [0.3, 0.4) is 0 Å².